The van der Waals surface area contributed by atoms with Gasteiger partial charge < -0.3 is 10.6 Å². The summed E-state index contributed by atoms with van der Waals surface area (Å²) >= 11 is 12.1. The molecule has 2 heterocycles. The fourth-order valence-electron chi connectivity index (χ4n) is 3.52. The lowest BCUT2D eigenvalue weighted by atomic mass is 10.0. The van der Waals surface area contributed by atoms with E-state index in [1.165, 1.54) is 0 Å². The summed E-state index contributed by atoms with van der Waals surface area (Å²) in [5, 5.41) is 1.10. The average molecular weight is 393 g/mol. The maximum absolute atomic E-state index is 12.7. The van der Waals surface area contributed by atoms with E-state index >= 15 is 0 Å². The van der Waals surface area contributed by atoms with E-state index in [-0.39, 0.29) is 30.4 Å². The van der Waals surface area contributed by atoms with E-state index in [0.29, 0.717) is 16.6 Å². The minimum absolute atomic E-state index is 0. The van der Waals surface area contributed by atoms with Crippen LogP contribution in [0.15, 0.2) is 18.2 Å². The molecule has 0 aromatic heterocycles. The maximum Gasteiger partial charge on any atom is 0.237 e. The summed E-state index contributed by atoms with van der Waals surface area (Å²) in [6.45, 7) is 3.14. The van der Waals surface area contributed by atoms with Gasteiger partial charge in [-0.3, -0.25) is 9.69 Å². The van der Waals surface area contributed by atoms with E-state index in [0.717, 1.165) is 50.9 Å². The van der Waals surface area contributed by atoms with Crippen molar-refractivity contribution in [2.75, 3.05) is 26.2 Å². The van der Waals surface area contributed by atoms with E-state index in [4.69, 9.17) is 28.9 Å². The topological polar surface area (TPSA) is 49.6 Å². The van der Waals surface area contributed by atoms with Crippen molar-refractivity contribution in [3.05, 3.63) is 33.8 Å². The van der Waals surface area contributed by atoms with Gasteiger partial charge in [-0.05, 0) is 43.4 Å². The van der Waals surface area contributed by atoms with Gasteiger partial charge in [0.15, 0.2) is 0 Å². The monoisotopic (exact) mass is 391 g/mol. The number of piperidine rings is 1. The third-order valence-electron chi connectivity index (χ3n) is 4.89. The lowest BCUT2D eigenvalue weighted by Gasteiger charge is -2.32. The quantitative estimate of drug-likeness (QED) is 0.856. The Morgan fingerprint density at radius 1 is 1.12 bits per heavy atom. The van der Waals surface area contributed by atoms with E-state index < -0.39 is 0 Å². The third kappa shape index (κ3) is 4.55. The highest BCUT2D eigenvalue weighted by atomic mass is 35.5. The average Bonchev–Trinajstić information content (AvgIpc) is 3.02. The summed E-state index contributed by atoms with van der Waals surface area (Å²) < 4.78 is 0. The van der Waals surface area contributed by atoms with Crippen LogP contribution in [0, 0.1) is 0 Å². The van der Waals surface area contributed by atoms with Crippen LogP contribution in [0.4, 0.5) is 0 Å². The van der Waals surface area contributed by atoms with Gasteiger partial charge in [0.25, 0.3) is 0 Å². The molecule has 0 bridgehead atoms. The molecule has 2 fully saturated rings. The van der Waals surface area contributed by atoms with E-state index in [1.807, 2.05) is 23.1 Å². The van der Waals surface area contributed by atoms with Crippen molar-refractivity contribution in [1.82, 2.24) is 9.80 Å². The number of rotatable bonds is 3. The van der Waals surface area contributed by atoms with Crippen molar-refractivity contribution < 1.29 is 4.79 Å². The van der Waals surface area contributed by atoms with Crippen LogP contribution in [-0.4, -0.2) is 47.9 Å². The molecule has 0 saturated carbocycles. The molecule has 1 amide bonds. The zero-order valence-electron chi connectivity index (χ0n) is 13.6. The number of carbonyl (C=O) groups is 1. The second kappa shape index (κ2) is 8.72. The number of nitrogens with zero attached hydrogens (tertiary/aromatic N) is 2. The van der Waals surface area contributed by atoms with Crippen molar-refractivity contribution >= 4 is 41.5 Å². The molecule has 0 aliphatic carbocycles. The number of nitrogens with two attached hydrogens (primary N) is 1. The number of likely N-dealkylation sites (tertiary alicyclic amines) is 2. The van der Waals surface area contributed by atoms with Crippen molar-refractivity contribution in [1.29, 1.82) is 0 Å². The van der Waals surface area contributed by atoms with Crippen LogP contribution in [-0.2, 0) is 4.79 Å². The Labute approximate surface area is 159 Å². The summed E-state index contributed by atoms with van der Waals surface area (Å²) in [4.78, 5) is 16.9. The number of hydrogen-bond acceptors (Lipinski definition) is 3. The van der Waals surface area contributed by atoms with Gasteiger partial charge >= 0.3 is 0 Å². The zero-order chi connectivity index (χ0) is 16.4. The van der Waals surface area contributed by atoms with E-state index in [1.54, 1.807) is 0 Å². The summed E-state index contributed by atoms with van der Waals surface area (Å²) in [6, 6.07) is 6.08. The number of hydrogen-bond donors (Lipinski definition) is 1. The lowest BCUT2D eigenvalue weighted by molar-refractivity contribution is -0.133. The fraction of sp³-hybridized carbons (Fsp3) is 0.588. The van der Waals surface area contributed by atoms with Gasteiger partial charge in [-0.25, -0.2) is 0 Å². The summed E-state index contributed by atoms with van der Waals surface area (Å²) in [7, 11) is 0. The Morgan fingerprint density at radius 2 is 1.83 bits per heavy atom. The van der Waals surface area contributed by atoms with Gasteiger partial charge in [0, 0.05) is 25.7 Å². The molecule has 24 heavy (non-hydrogen) atoms. The highest BCUT2D eigenvalue weighted by Crippen LogP contribution is 2.35. The van der Waals surface area contributed by atoms with Gasteiger partial charge in [-0.2, -0.15) is 0 Å². The number of carbonyl (C=O) groups excluding carboxylic acids is 1. The molecule has 2 aliphatic heterocycles. The van der Waals surface area contributed by atoms with Crippen molar-refractivity contribution in [3.8, 4) is 0 Å². The van der Waals surface area contributed by atoms with E-state index in [9.17, 15) is 4.79 Å². The first-order valence-corrected chi connectivity index (χ1v) is 9.02. The first-order valence-electron chi connectivity index (χ1n) is 8.27. The van der Waals surface area contributed by atoms with Crippen LogP contribution in [0.3, 0.4) is 0 Å². The minimum Gasteiger partial charge on any atom is -0.335 e. The van der Waals surface area contributed by atoms with Gasteiger partial charge in [-0.15, -0.1) is 12.4 Å². The number of benzene rings is 1. The molecule has 2 aliphatic rings. The Bertz CT molecular complexity index is 576. The van der Waals surface area contributed by atoms with Crippen LogP contribution >= 0.6 is 35.6 Å². The molecule has 0 radical (unpaired) electrons. The SMILES string of the molecule is Cl.NC1CCN(CC(=O)N2CCCC2c2ccc(Cl)c(Cl)c2)CC1. The first kappa shape index (κ1) is 19.8. The summed E-state index contributed by atoms with van der Waals surface area (Å²) in [5.74, 6) is 0.203. The highest BCUT2D eigenvalue weighted by molar-refractivity contribution is 6.42. The predicted octanol–water partition coefficient (Wildman–Crippen LogP) is 3.50. The zero-order valence-corrected chi connectivity index (χ0v) is 15.9. The Balaban J connectivity index is 0.00000208. The molecule has 4 nitrogen and oxygen atoms in total. The fourth-order valence-corrected chi connectivity index (χ4v) is 3.83. The van der Waals surface area contributed by atoms with E-state index in [2.05, 4.69) is 4.90 Å². The van der Waals surface area contributed by atoms with Gasteiger partial charge in [0.1, 0.15) is 0 Å². The summed E-state index contributed by atoms with van der Waals surface area (Å²) in [6.07, 6.45) is 3.96. The molecule has 2 N–H and O–H groups in total. The summed E-state index contributed by atoms with van der Waals surface area (Å²) in [5.41, 5.74) is 7.00. The van der Waals surface area contributed by atoms with Crippen LogP contribution in [0.1, 0.15) is 37.3 Å². The normalized spacial score (nSPS) is 22.5. The van der Waals surface area contributed by atoms with Crippen LogP contribution in [0.2, 0.25) is 10.0 Å². The highest BCUT2D eigenvalue weighted by Gasteiger charge is 2.31. The van der Waals surface area contributed by atoms with Crippen molar-refractivity contribution in [3.63, 3.8) is 0 Å². The molecule has 0 spiro atoms. The Hall–Kier alpha value is -0.520. The lowest BCUT2D eigenvalue weighted by Crippen LogP contribution is -2.45. The Kier molecular flexibility index (Phi) is 7.20. The minimum atomic E-state index is 0. The molecule has 1 aromatic carbocycles. The van der Waals surface area contributed by atoms with Crippen molar-refractivity contribution in [2.45, 2.75) is 37.8 Å². The van der Waals surface area contributed by atoms with Crippen LogP contribution in [0.25, 0.3) is 0 Å². The first-order chi connectivity index (χ1) is 11.0. The van der Waals surface area contributed by atoms with Crippen molar-refractivity contribution in [2.24, 2.45) is 5.73 Å². The Morgan fingerprint density at radius 3 is 2.50 bits per heavy atom. The second-order valence-electron chi connectivity index (χ2n) is 6.53. The predicted molar refractivity (Wildman–Crippen MR) is 101 cm³/mol. The van der Waals surface area contributed by atoms with Crippen LogP contribution < -0.4 is 5.73 Å². The number of halogens is 3. The third-order valence-corrected chi connectivity index (χ3v) is 5.63. The molecular weight excluding hydrogens is 369 g/mol. The smallest absolute Gasteiger partial charge is 0.237 e. The standard InChI is InChI=1S/C17H23Cl2N3O.ClH/c18-14-4-3-12(10-15(14)19)16-2-1-7-22(16)17(23)11-21-8-5-13(20)6-9-21;/h3-4,10,13,16H,1-2,5-9,11,20H2;1H. The van der Waals surface area contributed by atoms with Crippen LogP contribution in [0.5, 0.6) is 0 Å². The molecule has 1 aromatic rings. The number of amides is 1. The molecule has 134 valence electrons. The molecular formula is C17H24Cl3N3O. The largest absolute Gasteiger partial charge is 0.335 e. The molecule has 1 unspecified atom stereocenters. The maximum atomic E-state index is 12.7. The molecule has 7 heteroatoms. The molecule has 3 rings (SSSR count). The van der Waals surface area contributed by atoms with Gasteiger partial charge in [0.2, 0.25) is 5.91 Å². The van der Waals surface area contributed by atoms with Gasteiger partial charge in [0.05, 0.1) is 22.6 Å². The molecule has 1 atom stereocenters. The molecule has 2 saturated heterocycles. The van der Waals surface area contributed by atoms with Gasteiger partial charge in [-0.1, -0.05) is 29.3 Å². The second-order valence-corrected chi connectivity index (χ2v) is 7.35.